The van der Waals surface area contributed by atoms with Gasteiger partial charge >= 0.3 is 0 Å². The molecule has 22 heavy (non-hydrogen) atoms. The molecule has 3 rings (SSSR count). The van der Waals surface area contributed by atoms with Crippen LogP contribution in [0.2, 0.25) is 0 Å². The van der Waals surface area contributed by atoms with Crippen molar-refractivity contribution in [1.82, 2.24) is 4.90 Å². The maximum Gasteiger partial charge on any atom is 0.259 e. The van der Waals surface area contributed by atoms with Gasteiger partial charge in [0.2, 0.25) is 0 Å². The van der Waals surface area contributed by atoms with E-state index in [-0.39, 0.29) is 0 Å². The van der Waals surface area contributed by atoms with Crippen LogP contribution >= 0.6 is 23.1 Å². The maximum absolute atomic E-state index is 13.8. The Balaban J connectivity index is 1.74. The number of nitrogens with zero attached hydrogens (tertiary/aromatic N) is 1. The number of hydrogen-bond donors (Lipinski definition) is 0. The van der Waals surface area contributed by atoms with Gasteiger partial charge in [0.15, 0.2) is 0 Å². The second-order valence-electron chi connectivity index (χ2n) is 5.05. The summed E-state index contributed by atoms with van der Waals surface area (Å²) in [5.41, 5.74) is -0.443. The van der Waals surface area contributed by atoms with Crippen LogP contribution in [-0.4, -0.2) is 29.6 Å². The average molecular weight is 339 g/mol. The van der Waals surface area contributed by atoms with Crippen molar-refractivity contribution in [2.24, 2.45) is 0 Å². The van der Waals surface area contributed by atoms with Gasteiger partial charge in [0.1, 0.15) is 17.2 Å². The van der Waals surface area contributed by atoms with Crippen molar-refractivity contribution in [3.8, 4) is 0 Å². The quantitative estimate of drug-likeness (QED) is 0.811. The van der Waals surface area contributed by atoms with Gasteiger partial charge in [-0.3, -0.25) is 4.79 Å². The molecule has 1 aliphatic heterocycles. The number of carbonyl (C=O) groups excluding carboxylic acids is 1. The number of hydrogen-bond acceptors (Lipinski definition) is 3. The number of benzene rings is 1. The molecule has 1 aromatic heterocycles. The third kappa shape index (κ3) is 3.17. The van der Waals surface area contributed by atoms with E-state index in [1.165, 1.54) is 10.9 Å². The van der Waals surface area contributed by atoms with E-state index in [1.807, 2.05) is 11.4 Å². The summed E-state index contributed by atoms with van der Waals surface area (Å²) < 4.78 is 27.5. The van der Waals surface area contributed by atoms with Crippen LogP contribution < -0.4 is 0 Å². The molecule has 0 bridgehead atoms. The van der Waals surface area contributed by atoms with Crippen molar-refractivity contribution < 1.29 is 13.6 Å². The number of thiophene rings is 1. The van der Waals surface area contributed by atoms with Crippen LogP contribution in [0.1, 0.15) is 26.9 Å². The third-order valence-electron chi connectivity index (χ3n) is 3.67. The second-order valence-corrected chi connectivity index (χ2v) is 7.34. The molecule has 116 valence electrons. The molecule has 1 atom stereocenters. The summed E-state index contributed by atoms with van der Waals surface area (Å²) in [4.78, 5) is 15.3. The highest BCUT2D eigenvalue weighted by Crippen LogP contribution is 2.37. The van der Waals surface area contributed by atoms with E-state index in [2.05, 4.69) is 6.07 Å². The molecule has 2 aromatic rings. The molecular weight excluding hydrogens is 324 g/mol. The fourth-order valence-electron chi connectivity index (χ4n) is 2.54. The van der Waals surface area contributed by atoms with Gasteiger partial charge < -0.3 is 4.90 Å². The molecule has 0 saturated carbocycles. The Bertz CT molecular complexity index is 640. The largest absolute Gasteiger partial charge is 0.338 e. The molecule has 1 unspecified atom stereocenters. The van der Waals surface area contributed by atoms with Gasteiger partial charge in [0.25, 0.3) is 5.91 Å². The maximum atomic E-state index is 13.8. The van der Waals surface area contributed by atoms with Crippen LogP contribution in [0.5, 0.6) is 0 Å². The van der Waals surface area contributed by atoms with E-state index >= 15 is 0 Å². The molecule has 0 aliphatic carbocycles. The Morgan fingerprint density at radius 1 is 1.14 bits per heavy atom. The van der Waals surface area contributed by atoms with Gasteiger partial charge in [-0.25, -0.2) is 8.78 Å². The van der Waals surface area contributed by atoms with Crippen LogP contribution in [0.15, 0.2) is 35.7 Å². The minimum Gasteiger partial charge on any atom is -0.338 e. The van der Waals surface area contributed by atoms with Crippen LogP contribution in [0.25, 0.3) is 0 Å². The molecule has 1 saturated heterocycles. The minimum atomic E-state index is -0.795. The van der Waals surface area contributed by atoms with Crippen LogP contribution in [0.4, 0.5) is 8.78 Å². The lowest BCUT2D eigenvalue weighted by Gasteiger charge is -2.20. The standard InChI is InChI=1S/C16H15F2NOS2/c17-11-3-1-4-12(18)15(11)16(20)19-7-6-14(22-10-8-19)13-5-2-9-21-13/h1-5,9,14H,6-8,10H2. The van der Waals surface area contributed by atoms with E-state index in [4.69, 9.17) is 0 Å². The molecule has 0 N–H and O–H groups in total. The summed E-state index contributed by atoms with van der Waals surface area (Å²) in [6.07, 6.45) is 0.799. The lowest BCUT2D eigenvalue weighted by atomic mass is 10.1. The van der Waals surface area contributed by atoms with Crippen molar-refractivity contribution >= 4 is 29.0 Å². The summed E-state index contributed by atoms with van der Waals surface area (Å²) in [5.74, 6) is -1.37. The highest BCUT2D eigenvalue weighted by Gasteiger charge is 2.26. The Labute approximate surface area is 136 Å². The van der Waals surface area contributed by atoms with Gasteiger partial charge in [0.05, 0.1) is 0 Å². The lowest BCUT2D eigenvalue weighted by Crippen LogP contribution is -2.34. The van der Waals surface area contributed by atoms with Crippen LogP contribution in [0.3, 0.4) is 0 Å². The first kappa shape index (κ1) is 15.5. The van der Waals surface area contributed by atoms with Crippen LogP contribution in [0, 0.1) is 11.6 Å². The van der Waals surface area contributed by atoms with Gasteiger partial charge in [-0.1, -0.05) is 12.1 Å². The number of amides is 1. The first-order chi connectivity index (χ1) is 10.7. The predicted molar refractivity (Wildman–Crippen MR) is 86.4 cm³/mol. The van der Waals surface area contributed by atoms with E-state index in [9.17, 15) is 13.6 Å². The summed E-state index contributed by atoms with van der Waals surface area (Å²) in [6, 6.07) is 7.63. The topological polar surface area (TPSA) is 20.3 Å². The number of carbonyl (C=O) groups is 1. The molecule has 0 spiro atoms. The molecule has 1 aliphatic rings. The smallest absolute Gasteiger partial charge is 0.259 e. The fourth-order valence-corrected chi connectivity index (χ4v) is 4.77. The first-order valence-electron chi connectivity index (χ1n) is 7.05. The zero-order chi connectivity index (χ0) is 15.5. The first-order valence-corrected chi connectivity index (χ1v) is 8.98. The van der Waals surface area contributed by atoms with Crippen LogP contribution in [-0.2, 0) is 0 Å². The van der Waals surface area contributed by atoms with E-state index < -0.39 is 23.1 Å². The SMILES string of the molecule is O=C(c1c(F)cccc1F)N1CCSC(c2cccs2)CC1. The predicted octanol–water partition coefficient (Wildman–Crippen LogP) is 4.35. The molecule has 6 heteroatoms. The Morgan fingerprint density at radius 3 is 2.59 bits per heavy atom. The zero-order valence-corrected chi connectivity index (χ0v) is 13.4. The summed E-state index contributed by atoms with van der Waals surface area (Å²) >= 11 is 3.50. The monoisotopic (exact) mass is 339 g/mol. The van der Waals surface area contributed by atoms with Crippen molar-refractivity contribution in [3.63, 3.8) is 0 Å². The number of rotatable bonds is 2. The lowest BCUT2D eigenvalue weighted by molar-refractivity contribution is 0.0757. The van der Waals surface area contributed by atoms with Gasteiger partial charge in [0, 0.05) is 29.0 Å². The molecule has 1 fully saturated rings. The average Bonchev–Trinajstić information content (AvgIpc) is 2.91. The second kappa shape index (κ2) is 6.79. The Morgan fingerprint density at radius 2 is 1.91 bits per heavy atom. The van der Waals surface area contributed by atoms with Gasteiger partial charge in [-0.15, -0.1) is 11.3 Å². The van der Waals surface area contributed by atoms with Crippen molar-refractivity contribution in [3.05, 3.63) is 57.8 Å². The molecule has 2 heterocycles. The number of thioether (sulfide) groups is 1. The zero-order valence-electron chi connectivity index (χ0n) is 11.8. The third-order valence-corrected chi connectivity index (χ3v) is 6.11. The highest BCUT2D eigenvalue weighted by molar-refractivity contribution is 7.99. The molecule has 2 nitrogen and oxygen atoms in total. The van der Waals surface area contributed by atoms with E-state index in [0.717, 1.165) is 24.3 Å². The van der Waals surface area contributed by atoms with Crippen molar-refractivity contribution in [2.45, 2.75) is 11.7 Å². The molecule has 1 aromatic carbocycles. The highest BCUT2D eigenvalue weighted by atomic mass is 32.2. The Hall–Kier alpha value is -1.40. The van der Waals surface area contributed by atoms with E-state index in [0.29, 0.717) is 18.3 Å². The summed E-state index contributed by atoms with van der Waals surface area (Å²) in [5, 5.41) is 2.39. The molecule has 1 amide bonds. The normalized spacial score (nSPS) is 19.0. The van der Waals surface area contributed by atoms with Gasteiger partial charge in [-0.2, -0.15) is 11.8 Å². The fraction of sp³-hybridized carbons (Fsp3) is 0.312. The van der Waals surface area contributed by atoms with E-state index in [1.54, 1.807) is 28.0 Å². The number of halogens is 2. The van der Waals surface area contributed by atoms with Crippen molar-refractivity contribution in [1.29, 1.82) is 0 Å². The summed E-state index contributed by atoms with van der Waals surface area (Å²) in [6.45, 7) is 1.03. The molecular formula is C16H15F2NOS2. The van der Waals surface area contributed by atoms with Gasteiger partial charge in [-0.05, 0) is 30.0 Å². The molecule has 0 radical (unpaired) electrons. The minimum absolute atomic E-state index is 0.350. The Kier molecular flexibility index (Phi) is 4.78. The van der Waals surface area contributed by atoms with Crippen molar-refractivity contribution in [2.75, 3.05) is 18.8 Å². The summed E-state index contributed by atoms with van der Waals surface area (Å²) in [7, 11) is 0.